The smallest absolute Gasteiger partial charge is 0.323 e. The normalized spacial score (nSPS) is 14.7. The lowest BCUT2D eigenvalue weighted by Gasteiger charge is -2.36. The second-order valence-corrected chi connectivity index (χ2v) is 7.71. The van der Waals surface area contributed by atoms with Crippen molar-refractivity contribution in [3.8, 4) is 0 Å². The molecule has 0 aromatic heterocycles. The van der Waals surface area contributed by atoms with Crippen LogP contribution < -0.4 is 20.7 Å². The fourth-order valence-electron chi connectivity index (χ4n) is 2.56. The first-order valence-electron chi connectivity index (χ1n) is 9.60. The number of esters is 1. The van der Waals surface area contributed by atoms with Crippen LogP contribution in [0.1, 0.15) is 33.3 Å². The Hall–Kier alpha value is -1.12. The first kappa shape index (κ1) is 23.9. The number of ether oxygens (including phenoxy) is 1. The molecule has 1 rings (SSSR count). The lowest BCUT2D eigenvalue weighted by molar-refractivity contribution is -0.147. The van der Waals surface area contributed by atoms with Gasteiger partial charge in [-0.15, -0.1) is 0 Å². The summed E-state index contributed by atoms with van der Waals surface area (Å²) < 4.78 is 8.95. The highest BCUT2D eigenvalue weighted by Gasteiger charge is 2.30. The molecule has 0 saturated heterocycles. The van der Waals surface area contributed by atoms with E-state index in [2.05, 4.69) is 41.4 Å². The van der Waals surface area contributed by atoms with Crippen LogP contribution in [0.2, 0.25) is 0 Å². The average Bonchev–Trinajstić information content (AvgIpc) is 2.67. The van der Waals surface area contributed by atoms with Crippen molar-refractivity contribution in [3.63, 3.8) is 0 Å². The molecule has 2 atom stereocenters. The van der Waals surface area contributed by atoms with Gasteiger partial charge in [-0.3, -0.25) is 9.52 Å². The van der Waals surface area contributed by atoms with E-state index in [1.807, 2.05) is 43.5 Å². The zero-order chi connectivity index (χ0) is 20.1. The van der Waals surface area contributed by atoms with Gasteiger partial charge in [0.2, 0.25) is 0 Å². The van der Waals surface area contributed by atoms with Gasteiger partial charge in [0.15, 0.2) is 0 Å². The van der Waals surface area contributed by atoms with E-state index >= 15 is 0 Å². The molecule has 0 radical (unpaired) electrons. The molecule has 27 heavy (non-hydrogen) atoms. The van der Waals surface area contributed by atoms with E-state index in [1.54, 1.807) is 11.9 Å². The van der Waals surface area contributed by atoms with E-state index in [1.165, 1.54) is 0 Å². The van der Waals surface area contributed by atoms with Crippen LogP contribution in [0.5, 0.6) is 0 Å². The zero-order valence-electron chi connectivity index (χ0n) is 17.3. The second-order valence-electron chi connectivity index (χ2n) is 7.10. The van der Waals surface area contributed by atoms with Gasteiger partial charge in [0, 0.05) is 25.7 Å². The SMILES string of the molecule is CCNCC(CNC(C)C)(CNC(C)C(=O)OCc1ccccc1)NSC. The second kappa shape index (κ2) is 13.1. The van der Waals surface area contributed by atoms with Crippen molar-refractivity contribution in [2.45, 2.75) is 51.9 Å². The van der Waals surface area contributed by atoms with Crippen LogP contribution in [0.3, 0.4) is 0 Å². The molecular weight excluding hydrogens is 360 g/mol. The molecule has 0 saturated carbocycles. The zero-order valence-corrected chi connectivity index (χ0v) is 18.1. The van der Waals surface area contributed by atoms with E-state index < -0.39 is 0 Å². The average molecular weight is 397 g/mol. The Morgan fingerprint density at radius 3 is 2.37 bits per heavy atom. The van der Waals surface area contributed by atoms with Crippen molar-refractivity contribution in [3.05, 3.63) is 35.9 Å². The fourth-order valence-corrected chi connectivity index (χ4v) is 3.21. The van der Waals surface area contributed by atoms with Crippen molar-refractivity contribution < 1.29 is 9.53 Å². The van der Waals surface area contributed by atoms with Gasteiger partial charge in [0.25, 0.3) is 0 Å². The standard InChI is InChI=1S/C20H36N4O2S/c1-6-21-13-20(24-27-5,14-22-16(2)3)15-23-17(4)19(25)26-12-18-10-8-7-9-11-18/h7-11,16-17,21-24H,6,12-15H2,1-5H3. The number of rotatable bonds is 14. The summed E-state index contributed by atoms with van der Waals surface area (Å²) in [5, 5.41) is 10.3. The van der Waals surface area contributed by atoms with Gasteiger partial charge < -0.3 is 20.7 Å². The quantitative estimate of drug-likeness (QED) is 0.283. The van der Waals surface area contributed by atoms with E-state index in [9.17, 15) is 4.79 Å². The third kappa shape index (κ3) is 9.58. The molecule has 1 aromatic rings. The molecule has 0 aliphatic heterocycles. The summed E-state index contributed by atoms with van der Waals surface area (Å²) in [5.41, 5.74) is 0.776. The van der Waals surface area contributed by atoms with Gasteiger partial charge in [-0.25, -0.2) is 0 Å². The Labute approximate surface area is 168 Å². The lowest BCUT2D eigenvalue weighted by atomic mass is 9.99. The largest absolute Gasteiger partial charge is 0.460 e. The third-order valence-electron chi connectivity index (χ3n) is 4.20. The van der Waals surface area contributed by atoms with Crippen LogP contribution >= 0.6 is 11.9 Å². The number of benzene rings is 1. The number of carbonyl (C=O) groups is 1. The molecule has 0 amide bonds. The summed E-state index contributed by atoms with van der Waals surface area (Å²) in [4.78, 5) is 12.3. The van der Waals surface area contributed by atoms with Crippen LogP contribution in [0.15, 0.2) is 30.3 Å². The number of likely N-dealkylation sites (N-methyl/N-ethyl adjacent to an activating group) is 1. The first-order valence-corrected chi connectivity index (χ1v) is 10.8. The van der Waals surface area contributed by atoms with E-state index in [4.69, 9.17) is 4.74 Å². The molecule has 0 aliphatic carbocycles. The highest BCUT2D eigenvalue weighted by molar-refractivity contribution is 7.96. The summed E-state index contributed by atoms with van der Waals surface area (Å²) in [6.45, 7) is 11.6. The summed E-state index contributed by atoms with van der Waals surface area (Å²) >= 11 is 1.59. The van der Waals surface area contributed by atoms with E-state index in [-0.39, 0.29) is 17.6 Å². The van der Waals surface area contributed by atoms with Crippen molar-refractivity contribution in [2.75, 3.05) is 32.4 Å². The molecule has 0 heterocycles. The molecule has 0 aliphatic rings. The monoisotopic (exact) mass is 396 g/mol. The number of nitrogens with one attached hydrogen (secondary N) is 4. The van der Waals surface area contributed by atoms with Crippen LogP contribution in [-0.2, 0) is 16.1 Å². The maximum absolute atomic E-state index is 12.3. The van der Waals surface area contributed by atoms with E-state index in [0.29, 0.717) is 19.2 Å². The van der Waals surface area contributed by atoms with Crippen LogP contribution in [0.25, 0.3) is 0 Å². The molecule has 154 valence electrons. The Morgan fingerprint density at radius 1 is 1.11 bits per heavy atom. The molecule has 7 heteroatoms. The summed E-state index contributed by atoms with van der Waals surface area (Å²) in [6, 6.07) is 9.74. The number of carbonyl (C=O) groups excluding carboxylic acids is 1. The molecular formula is C20H36N4O2S. The predicted octanol–water partition coefficient (Wildman–Crippen LogP) is 1.92. The maximum Gasteiger partial charge on any atom is 0.323 e. The van der Waals surface area contributed by atoms with Crippen molar-refractivity contribution >= 4 is 17.9 Å². The van der Waals surface area contributed by atoms with Crippen LogP contribution in [0.4, 0.5) is 0 Å². The van der Waals surface area contributed by atoms with Crippen LogP contribution in [-0.4, -0.2) is 56.0 Å². The fraction of sp³-hybridized carbons (Fsp3) is 0.650. The molecule has 0 bridgehead atoms. The third-order valence-corrected chi connectivity index (χ3v) is 4.84. The molecule has 4 N–H and O–H groups in total. The van der Waals surface area contributed by atoms with Gasteiger partial charge in [-0.1, -0.05) is 63.1 Å². The number of hydrogen-bond acceptors (Lipinski definition) is 7. The van der Waals surface area contributed by atoms with Gasteiger partial charge in [0.1, 0.15) is 12.6 Å². The molecule has 1 aromatic carbocycles. The van der Waals surface area contributed by atoms with Gasteiger partial charge >= 0.3 is 5.97 Å². The van der Waals surface area contributed by atoms with Crippen molar-refractivity contribution in [1.29, 1.82) is 0 Å². The molecule has 2 unspecified atom stereocenters. The minimum atomic E-state index is -0.377. The number of hydrogen-bond donors (Lipinski definition) is 4. The minimum absolute atomic E-state index is 0.215. The Balaban J connectivity index is 2.60. The van der Waals surface area contributed by atoms with Gasteiger partial charge in [-0.2, -0.15) is 0 Å². The first-order chi connectivity index (χ1) is 12.9. The Bertz CT molecular complexity index is 530. The summed E-state index contributed by atoms with van der Waals surface area (Å²) in [7, 11) is 0. The highest BCUT2D eigenvalue weighted by atomic mass is 32.2. The molecule has 0 spiro atoms. The highest BCUT2D eigenvalue weighted by Crippen LogP contribution is 2.08. The molecule has 6 nitrogen and oxygen atoms in total. The van der Waals surface area contributed by atoms with Crippen molar-refractivity contribution in [2.24, 2.45) is 0 Å². The predicted molar refractivity (Wildman–Crippen MR) is 115 cm³/mol. The topological polar surface area (TPSA) is 74.4 Å². The summed E-state index contributed by atoms with van der Waals surface area (Å²) in [6.07, 6.45) is 2.02. The molecule has 0 fully saturated rings. The maximum atomic E-state index is 12.3. The summed E-state index contributed by atoms with van der Waals surface area (Å²) in [5.74, 6) is -0.239. The van der Waals surface area contributed by atoms with Gasteiger partial charge in [-0.05, 0) is 25.3 Å². The van der Waals surface area contributed by atoms with E-state index in [0.717, 1.165) is 25.2 Å². The van der Waals surface area contributed by atoms with Gasteiger partial charge in [0.05, 0.1) is 5.54 Å². The Kier molecular flexibility index (Phi) is 11.6. The minimum Gasteiger partial charge on any atom is -0.460 e. The van der Waals surface area contributed by atoms with Crippen LogP contribution in [0, 0.1) is 0 Å². The van der Waals surface area contributed by atoms with Crippen molar-refractivity contribution in [1.82, 2.24) is 20.7 Å². The lowest BCUT2D eigenvalue weighted by Crippen LogP contribution is -2.63. The Morgan fingerprint density at radius 2 is 1.78 bits per heavy atom.